The second kappa shape index (κ2) is 7.66. The number of pyridine rings is 1. The molecule has 1 aliphatic heterocycles. The van der Waals surface area contributed by atoms with Gasteiger partial charge in [-0.2, -0.15) is 5.10 Å². The Bertz CT molecular complexity index is 853. The van der Waals surface area contributed by atoms with Gasteiger partial charge in [-0.15, -0.1) is 0 Å². The van der Waals surface area contributed by atoms with Crippen molar-refractivity contribution < 1.29 is 4.39 Å². The van der Waals surface area contributed by atoms with Crippen LogP contribution in [0.2, 0.25) is 0 Å². The summed E-state index contributed by atoms with van der Waals surface area (Å²) in [6, 6.07) is 10.4. The fourth-order valence-corrected chi connectivity index (χ4v) is 3.42. The summed E-state index contributed by atoms with van der Waals surface area (Å²) in [6.07, 6.45) is 5.96. The molecule has 1 fully saturated rings. The number of aromatic amines is 1. The fourth-order valence-electron chi connectivity index (χ4n) is 3.42. The van der Waals surface area contributed by atoms with Gasteiger partial charge >= 0.3 is 0 Å². The van der Waals surface area contributed by atoms with E-state index < -0.39 is 0 Å². The van der Waals surface area contributed by atoms with Crippen molar-refractivity contribution >= 4 is 5.82 Å². The molecule has 5 nitrogen and oxygen atoms in total. The highest BCUT2D eigenvalue weighted by molar-refractivity contribution is 5.85. The molecular weight excluding hydrogens is 329 g/mol. The summed E-state index contributed by atoms with van der Waals surface area (Å²) in [4.78, 5) is 4.54. The molecule has 0 saturated carbocycles. The number of rotatable bonds is 5. The zero-order valence-corrected chi connectivity index (χ0v) is 14.5. The second-order valence-corrected chi connectivity index (χ2v) is 6.64. The molecule has 0 spiro atoms. The lowest BCUT2D eigenvalue weighted by Gasteiger charge is -2.23. The van der Waals surface area contributed by atoms with Crippen molar-refractivity contribution in [2.75, 3.05) is 25.0 Å². The standard InChI is InChI=1S/C20H22FN5/c21-16-5-3-15(4-6-16)19-18(13-25-26-19)17-2-1-9-23-20(17)24-12-14-7-10-22-11-8-14/h1-6,9,13-14,22H,7-8,10-12H2,(H,23,24)(H,25,26). The zero-order valence-electron chi connectivity index (χ0n) is 14.5. The molecule has 0 radical (unpaired) electrons. The van der Waals surface area contributed by atoms with E-state index in [1.165, 1.54) is 25.0 Å². The van der Waals surface area contributed by atoms with E-state index in [0.717, 1.165) is 47.8 Å². The fraction of sp³-hybridized carbons (Fsp3) is 0.300. The predicted molar refractivity (Wildman–Crippen MR) is 101 cm³/mol. The highest BCUT2D eigenvalue weighted by atomic mass is 19.1. The molecule has 4 rings (SSSR count). The first-order valence-electron chi connectivity index (χ1n) is 9.00. The molecule has 1 saturated heterocycles. The number of H-pyrrole nitrogens is 1. The van der Waals surface area contributed by atoms with Crippen LogP contribution in [0.15, 0.2) is 48.8 Å². The van der Waals surface area contributed by atoms with Crippen molar-refractivity contribution in [3.8, 4) is 22.4 Å². The van der Waals surface area contributed by atoms with Crippen molar-refractivity contribution in [3.05, 3.63) is 54.6 Å². The minimum absolute atomic E-state index is 0.250. The molecule has 0 amide bonds. The quantitative estimate of drug-likeness (QED) is 0.656. The van der Waals surface area contributed by atoms with Crippen LogP contribution in [-0.4, -0.2) is 34.8 Å². The molecular formula is C20H22FN5. The summed E-state index contributed by atoms with van der Waals surface area (Å²) in [5.74, 6) is 1.27. The van der Waals surface area contributed by atoms with E-state index in [9.17, 15) is 4.39 Å². The summed E-state index contributed by atoms with van der Waals surface area (Å²) in [5.41, 5.74) is 3.71. The van der Waals surface area contributed by atoms with Gasteiger partial charge in [0, 0.05) is 29.4 Å². The smallest absolute Gasteiger partial charge is 0.133 e. The molecule has 134 valence electrons. The molecule has 26 heavy (non-hydrogen) atoms. The molecule has 6 heteroatoms. The van der Waals surface area contributed by atoms with Crippen LogP contribution in [-0.2, 0) is 0 Å². The van der Waals surface area contributed by atoms with Gasteiger partial charge in [0.25, 0.3) is 0 Å². The molecule has 1 aromatic carbocycles. The van der Waals surface area contributed by atoms with Gasteiger partial charge in [0.1, 0.15) is 11.6 Å². The third kappa shape index (κ3) is 3.60. The topological polar surface area (TPSA) is 65.6 Å². The Morgan fingerprint density at radius 3 is 2.69 bits per heavy atom. The molecule has 3 N–H and O–H groups in total. The maximum Gasteiger partial charge on any atom is 0.133 e. The number of nitrogens with one attached hydrogen (secondary N) is 3. The van der Waals surface area contributed by atoms with Gasteiger partial charge < -0.3 is 10.6 Å². The Labute approximate surface area is 152 Å². The first-order chi connectivity index (χ1) is 12.8. The predicted octanol–water partition coefficient (Wildman–Crippen LogP) is 3.69. The molecule has 0 unspecified atom stereocenters. The Morgan fingerprint density at radius 2 is 1.88 bits per heavy atom. The largest absolute Gasteiger partial charge is 0.369 e. The van der Waals surface area contributed by atoms with Gasteiger partial charge in [0.15, 0.2) is 0 Å². The summed E-state index contributed by atoms with van der Waals surface area (Å²) in [5, 5.41) is 14.2. The Kier molecular flexibility index (Phi) is 4.93. The lowest BCUT2D eigenvalue weighted by Crippen LogP contribution is -2.31. The second-order valence-electron chi connectivity index (χ2n) is 6.64. The molecule has 3 aromatic rings. The van der Waals surface area contributed by atoms with Crippen molar-refractivity contribution in [1.29, 1.82) is 0 Å². The first-order valence-corrected chi connectivity index (χ1v) is 9.00. The minimum Gasteiger partial charge on any atom is -0.369 e. The number of hydrogen-bond donors (Lipinski definition) is 3. The lowest BCUT2D eigenvalue weighted by molar-refractivity contribution is 0.389. The van der Waals surface area contributed by atoms with Gasteiger partial charge in [-0.25, -0.2) is 9.37 Å². The summed E-state index contributed by atoms with van der Waals surface area (Å²) < 4.78 is 13.2. The van der Waals surface area contributed by atoms with Crippen molar-refractivity contribution in [3.63, 3.8) is 0 Å². The Hall–Kier alpha value is -2.73. The zero-order chi connectivity index (χ0) is 17.8. The van der Waals surface area contributed by atoms with Crippen molar-refractivity contribution in [2.24, 2.45) is 5.92 Å². The van der Waals surface area contributed by atoms with E-state index in [-0.39, 0.29) is 5.82 Å². The number of anilines is 1. The van der Waals surface area contributed by atoms with Crippen molar-refractivity contribution in [1.82, 2.24) is 20.5 Å². The monoisotopic (exact) mass is 351 g/mol. The van der Waals surface area contributed by atoms with Gasteiger partial charge in [-0.3, -0.25) is 5.10 Å². The maximum absolute atomic E-state index is 13.2. The van der Waals surface area contributed by atoms with Crippen LogP contribution in [0.25, 0.3) is 22.4 Å². The number of piperidine rings is 1. The van der Waals surface area contributed by atoms with Crippen molar-refractivity contribution in [2.45, 2.75) is 12.8 Å². The molecule has 0 aliphatic carbocycles. The van der Waals surface area contributed by atoms with Crippen LogP contribution in [0, 0.1) is 11.7 Å². The highest BCUT2D eigenvalue weighted by Crippen LogP contribution is 2.33. The summed E-state index contributed by atoms with van der Waals surface area (Å²) in [6.45, 7) is 3.07. The van der Waals surface area contributed by atoms with E-state index >= 15 is 0 Å². The summed E-state index contributed by atoms with van der Waals surface area (Å²) in [7, 11) is 0. The van der Waals surface area contributed by atoms with E-state index in [1.807, 2.05) is 12.1 Å². The molecule has 0 atom stereocenters. The van der Waals surface area contributed by atoms with Gasteiger partial charge in [0.05, 0.1) is 11.9 Å². The van der Waals surface area contributed by atoms with E-state index in [0.29, 0.717) is 5.92 Å². The van der Waals surface area contributed by atoms with Crippen LogP contribution in [0.4, 0.5) is 10.2 Å². The number of hydrogen-bond acceptors (Lipinski definition) is 4. The first kappa shape index (κ1) is 16.7. The number of halogens is 1. The van der Waals surface area contributed by atoms with E-state index in [4.69, 9.17) is 0 Å². The normalized spacial score (nSPS) is 15.1. The van der Waals surface area contributed by atoms with E-state index in [1.54, 1.807) is 24.5 Å². The average Bonchev–Trinajstić information content (AvgIpc) is 3.17. The Morgan fingerprint density at radius 1 is 1.08 bits per heavy atom. The number of benzene rings is 1. The molecule has 1 aliphatic rings. The maximum atomic E-state index is 13.2. The molecule has 3 heterocycles. The van der Waals surface area contributed by atoms with Crippen LogP contribution in [0.5, 0.6) is 0 Å². The lowest BCUT2D eigenvalue weighted by atomic mass is 9.98. The Balaban J connectivity index is 1.60. The van der Waals surface area contributed by atoms with Gasteiger partial charge in [-0.1, -0.05) is 0 Å². The number of aromatic nitrogens is 3. The third-order valence-corrected chi connectivity index (χ3v) is 4.89. The van der Waals surface area contributed by atoms with Crippen LogP contribution < -0.4 is 10.6 Å². The van der Waals surface area contributed by atoms with Crippen LogP contribution in [0.1, 0.15) is 12.8 Å². The minimum atomic E-state index is -0.250. The van der Waals surface area contributed by atoms with E-state index in [2.05, 4.69) is 25.8 Å². The number of nitrogens with zero attached hydrogens (tertiary/aromatic N) is 2. The molecule has 2 aromatic heterocycles. The van der Waals surface area contributed by atoms with Crippen LogP contribution >= 0.6 is 0 Å². The van der Waals surface area contributed by atoms with Gasteiger partial charge in [-0.05, 0) is 68.2 Å². The summed E-state index contributed by atoms with van der Waals surface area (Å²) >= 11 is 0. The average molecular weight is 351 g/mol. The SMILES string of the molecule is Fc1ccc(-c2[nH]ncc2-c2cccnc2NCC2CCNCC2)cc1. The molecule has 0 bridgehead atoms. The highest BCUT2D eigenvalue weighted by Gasteiger charge is 2.16. The third-order valence-electron chi connectivity index (χ3n) is 4.89. The van der Waals surface area contributed by atoms with Crippen LogP contribution in [0.3, 0.4) is 0 Å². The van der Waals surface area contributed by atoms with Gasteiger partial charge in [0.2, 0.25) is 0 Å².